The van der Waals surface area contributed by atoms with Crippen molar-refractivity contribution in [2.45, 2.75) is 32.4 Å². The van der Waals surface area contributed by atoms with Crippen LogP contribution in [0.25, 0.3) is 0 Å². The van der Waals surface area contributed by atoms with Gasteiger partial charge in [-0.15, -0.1) is 11.3 Å². The second-order valence-electron chi connectivity index (χ2n) is 4.12. The zero-order chi connectivity index (χ0) is 10.8. The molecule has 1 aromatic heterocycles. The van der Waals surface area contributed by atoms with Crippen LogP contribution in [-0.4, -0.2) is 29.2 Å². The molecule has 1 aliphatic heterocycles. The summed E-state index contributed by atoms with van der Waals surface area (Å²) in [6, 6.07) is 2.62. The second-order valence-corrected chi connectivity index (χ2v) is 6.57. The number of hydrogen-bond donors (Lipinski definition) is 1. The zero-order valence-corrected chi connectivity index (χ0v) is 11.3. The topological polar surface area (TPSA) is 23.5 Å². The van der Waals surface area contributed by atoms with Crippen molar-refractivity contribution in [3.63, 3.8) is 0 Å². The first-order valence-electron chi connectivity index (χ1n) is 5.30. The quantitative estimate of drug-likeness (QED) is 0.925. The van der Waals surface area contributed by atoms with Crippen LogP contribution in [0.5, 0.6) is 0 Å². The van der Waals surface area contributed by atoms with Crippen molar-refractivity contribution in [2.75, 3.05) is 13.2 Å². The predicted octanol–water partition coefficient (Wildman–Crippen LogP) is 2.78. The number of likely N-dealkylation sites (tertiary alicyclic amines) is 1. The maximum atomic E-state index is 9.23. The van der Waals surface area contributed by atoms with E-state index >= 15 is 0 Å². The molecule has 0 spiro atoms. The van der Waals surface area contributed by atoms with E-state index in [-0.39, 0.29) is 0 Å². The smallest absolute Gasteiger partial charge is 0.0730 e. The number of aryl methyl sites for hydroxylation is 1. The molecule has 1 N–H and O–H groups in total. The summed E-state index contributed by atoms with van der Waals surface area (Å²) in [5.41, 5.74) is 1.31. The summed E-state index contributed by atoms with van der Waals surface area (Å²) in [7, 11) is 0. The highest BCUT2D eigenvalue weighted by Crippen LogP contribution is 2.30. The average molecular weight is 290 g/mol. The largest absolute Gasteiger partial charge is 0.395 e. The Morgan fingerprint density at radius 3 is 3.07 bits per heavy atom. The molecular weight excluding hydrogens is 274 g/mol. The van der Waals surface area contributed by atoms with Crippen molar-refractivity contribution in [3.05, 3.63) is 20.3 Å². The minimum Gasteiger partial charge on any atom is -0.395 e. The van der Waals surface area contributed by atoms with Gasteiger partial charge in [-0.1, -0.05) is 0 Å². The normalized spacial score (nSPS) is 22.5. The lowest BCUT2D eigenvalue weighted by Crippen LogP contribution is -2.31. The lowest BCUT2D eigenvalue weighted by molar-refractivity contribution is 0.154. The van der Waals surface area contributed by atoms with E-state index < -0.39 is 0 Å². The highest BCUT2D eigenvalue weighted by molar-refractivity contribution is 9.11. The van der Waals surface area contributed by atoms with Gasteiger partial charge in [0.1, 0.15) is 0 Å². The Labute approximate surface area is 103 Å². The van der Waals surface area contributed by atoms with Crippen LogP contribution in [0.15, 0.2) is 9.85 Å². The monoisotopic (exact) mass is 289 g/mol. The zero-order valence-electron chi connectivity index (χ0n) is 8.87. The van der Waals surface area contributed by atoms with Gasteiger partial charge in [0, 0.05) is 17.5 Å². The van der Waals surface area contributed by atoms with Crippen LogP contribution in [0.2, 0.25) is 0 Å². The molecule has 0 aromatic carbocycles. The molecule has 1 fully saturated rings. The molecule has 2 nitrogen and oxygen atoms in total. The lowest BCUT2D eigenvalue weighted by Gasteiger charge is -2.21. The summed E-state index contributed by atoms with van der Waals surface area (Å²) in [6.45, 7) is 4.53. The van der Waals surface area contributed by atoms with Gasteiger partial charge in [0.05, 0.1) is 10.4 Å². The van der Waals surface area contributed by atoms with Crippen LogP contribution in [0.1, 0.15) is 23.3 Å². The summed E-state index contributed by atoms with van der Waals surface area (Å²) < 4.78 is 1.23. The average Bonchev–Trinajstić information content (AvgIpc) is 2.75. The molecule has 0 radical (unpaired) electrons. The molecule has 2 heterocycles. The SMILES string of the molecule is Cc1cc(CN2CCC[C@@H]2CO)sc1Br. The van der Waals surface area contributed by atoms with Crippen molar-refractivity contribution in [1.82, 2.24) is 4.90 Å². The highest BCUT2D eigenvalue weighted by Gasteiger charge is 2.24. The standard InChI is InChI=1S/C11H16BrNOS/c1-8-5-10(15-11(8)12)6-13-4-2-3-9(13)7-14/h5,9,14H,2-4,6-7H2,1H3/t9-/m1/s1. The maximum Gasteiger partial charge on any atom is 0.0730 e. The van der Waals surface area contributed by atoms with Gasteiger partial charge in [0.15, 0.2) is 0 Å². The summed E-state index contributed by atoms with van der Waals surface area (Å²) in [4.78, 5) is 3.78. The molecule has 0 unspecified atom stereocenters. The van der Waals surface area contributed by atoms with Crippen molar-refractivity contribution >= 4 is 27.3 Å². The number of aliphatic hydroxyl groups excluding tert-OH is 1. The van der Waals surface area contributed by atoms with E-state index in [0.717, 1.165) is 19.5 Å². The third-order valence-corrected chi connectivity index (χ3v) is 5.10. The molecule has 0 saturated carbocycles. The summed E-state index contributed by atoms with van der Waals surface area (Å²) in [6.07, 6.45) is 2.36. The van der Waals surface area contributed by atoms with Gasteiger partial charge in [0.25, 0.3) is 0 Å². The van der Waals surface area contributed by atoms with E-state index in [2.05, 4.69) is 33.8 Å². The van der Waals surface area contributed by atoms with Gasteiger partial charge in [-0.05, 0) is 53.9 Å². The van der Waals surface area contributed by atoms with Crippen LogP contribution >= 0.6 is 27.3 Å². The van der Waals surface area contributed by atoms with Gasteiger partial charge in [-0.25, -0.2) is 0 Å². The van der Waals surface area contributed by atoms with Crippen molar-refractivity contribution in [2.24, 2.45) is 0 Å². The van der Waals surface area contributed by atoms with Gasteiger partial charge < -0.3 is 5.11 Å². The molecule has 84 valence electrons. The van der Waals surface area contributed by atoms with Crippen molar-refractivity contribution in [3.8, 4) is 0 Å². The Kier molecular flexibility index (Phi) is 3.83. The van der Waals surface area contributed by atoms with Crippen molar-refractivity contribution < 1.29 is 5.11 Å². The molecule has 4 heteroatoms. The van der Waals surface area contributed by atoms with Crippen LogP contribution in [0.4, 0.5) is 0 Å². The molecule has 1 atom stereocenters. The Morgan fingerprint density at radius 1 is 1.67 bits per heavy atom. The minimum atomic E-state index is 0.297. The number of nitrogens with zero attached hydrogens (tertiary/aromatic N) is 1. The van der Waals surface area contributed by atoms with Gasteiger partial charge in [0.2, 0.25) is 0 Å². The fourth-order valence-electron chi connectivity index (χ4n) is 2.11. The number of halogens is 1. The third-order valence-electron chi connectivity index (χ3n) is 2.98. The van der Waals surface area contributed by atoms with Crippen molar-refractivity contribution in [1.29, 1.82) is 0 Å². The fourth-order valence-corrected chi connectivity index (χ4v) is 3.77. The fraction of sp³-hybridized carbons (Fsp3) is 0.636. The molecule has 1 aromatic rings. The summed E-state index contributed by atoms with van der Waals surface area (Å²) >= 11 is 5.36. The molecule has 15 heavy (non-hydrogen) atoms. The summed E-state index contributed by atoms with van der Waals surface area (Å²) in [5, 5.41) is 9.23. The number of rotatable bonds is 3. The van der Waals surface area contributed by atoms with Crippen LogP contribution in [0.3, 0.4) is 0 Å². The van der Waals surface area contributed by atoms with E-state index in [1.165, 1.54) is 20.6 Å². The number of thiophene rings is 1. The van der Waals surface area contributed by atoms with E-state index in [9.17, 15) is 5.11 Å². The third kappa shape index (κ3) is 2.61. The molecular formula is C11H16BrNOS. The van der Waals surface area contributed by atoms with E-state index in [1.807, 2.05) is 11.3 Å². The Balaban J connectivity index is 2.02. The highest BCUT2D eigenvalue weighted by atomic mass is 79.9. The first-order valence-corrected chi connectivity index (χ1v) is 6.91. The van der Waals surface area contributed by atoms with Gasteiger partial charge in [-0.2, -0.15) is 0 Å². The van der Waals surface area contributed by atoms with E-state index in [4.69, 9.17) is 0 Å². The lowest BCUT2D eigenvalue weighted by atomic mass is 10.2. The first kappa shape index (κ1) is 11.6. The second kappa shape index (κ2) is 4.95. The molecule has 0 aliphatic carbocycles. The number of aliphatic hydroxyl groups is 1. The van der Waals surface area contributed by atoms with Crippen LogP contribution in [-0.2, 0) is 6.54 Å². The Hall–Kier alpha value is 0.100. The van der Waals surface area contributed by atoms with E-state index in [0.29, 0.717) is 12.6 Å². The Bertz CT molecular complexity index is 320. The van der Waals surface area contributed by atoms with Gasteiger partial charge >= 0.3 is 0 Å². The maximum absolute atomic E-state index is 9.23. The Morgan fingerprint density at radius 2 is 2.47 bits per heavy atom. The first-order chi connectivity index (χ1) is 7.20. The van der Waals surface area contributed by atoms with Crippen LogP contribution in [0, 0.1) is 6.92 Å². The predicted molar refractivity (Wildman–Crippen MR) is 67.3 cm³/mol. The number of hydrogen-bond acceptors (Lipinski definition) is 3. The molecule has 1 aliphatic rings. The van der Waals surface area contributed by atoms with Gasteiger partial charge in [-0.3, -0.25) is 4.90 Å². The molecule has 0 bridgehead atoms. The van der Waals surface area contributed by atoms with E-state index in [1.54, 1.807) is 0 Å². The minimum absolute atomic E-state index is 0.297. The molecule has 2 rings (SSSR count). The molecule has 1 saturated heterocycles. The molecule has 0 amide bonds. The summed E-state index contributed by atoms with van der Waals surface area (Å²) in [5.74, 6) is 0. The van der Waals surface area contributed by atoms with Crippen LogP contribution < -0.4 is 0 Å².